The minimum atomic E-state index is 0.766. The van der Waals surface area contributed by atoms with Crippen LogP contribution in [-0.2, 0) is 12.8 Å². The number of hydrogen-bond acceptors (Lipinski definition) is 4. The normalized spacial score (nSPS) is 15.4. The number of nitrogens with zero attached hydrogens (tertiary/aromatic N) is 2. The summed E-state index contributed by atoms with van der Waals surface area (Å²) in [7, 11) is 0. The van der Waals surface area contributed by atoms with Crippen molar-refractivity contribution in [1.29, 1.82) is 5.26 Å². The van der Waals surface area contributed by atoms with Crippen molar-refractivity contribution in [3.63, 3.8) is 0 Å². The zero-order chi connectivity index (χ0) is 14.8. The number of thiophene rings is 2. The Kier molecular flexibility index (Phi) is 4.44. The lowest BCUT2D eigenvalue weighted by Gasteiger charge is -1.98. The first-order valence-electron chi connectivity index (χ1n) is 7.04. The summed E-state index contributed by atoms with van der Waals surface area (Å²) in [6.07, 6.45) is 5.78. The summed E-state index contributed by atoms with van der Waals surface area (Å²) in [5.41, 5.74) is 2.97. The smallest absolute Gasteiger partial charge is 0.134 e. The van der Waals surface area contributed by atoms with Crippen molar-refractivity contribution in [1.82, 2.24) is 0 Å². The molecule has 0 aromatic carbocycles. The third-order valence-electron chi connectivity index (χ3n) is 3.71. The van der Waals surface area contributed by atoms with Crippen LogP contribution in [0.4, 0.5) is 5.00 Å². The summed E-state index contributed by atoms with van der Waals surface area (Å²) in [5.74, 6) is 0. The Balaban J connectivity index is 2.01. The van der Waals surface area contributed by atoms with E-state index in [1.54, 1.807) is 11.3 Å². The van der Waals surface area contributed by atoms with Crippen molar-refractivity contribution in [2.24, 2.45) is 4.99 Å². The molecule has 0 atom stereocenters. The van der Waals surface area contributed by atoms with Crippen molar-refractivity contribution in [2.75, 3.05) is 0 Å². The van der Waals surface area contributed by atoms with Crippen molar-refractivity contribution in [2.45, 2.75) is 39.0 Å². The fraction of sp³-hybridized carbons (Fsp3) is 0.375. The molecular formula is C16H15ClN2S2. The van der Waals surface area contributed by atoms with Gasteiger partial charge in [-0.1, -0.05) is 18.0 Å². The maximum Gasteiger partial charge on any atom is 0.134 e. The highest BCUT2D eigenvalue weighted by atomic mass is 35.5. The quantitative estimate of drug-likeness (QED) is 0.509. The van der Waals surface area contributed by atoms with Gasteiger partial charge in [0.05, 0.1) is 15.6 Å². The highest BCUT2D eigenvalue weighted by molar-refractivity contribution is 7.18. The molecule has 0 spiro atoms. The van der Waals surface area contributed by atoms with Gasteiger partial charge in [-0.2, -0.15) is 5.26 Å². The van der Waals surface area contributed by atoms with Gasteiger partial charge in [-0.25, -0.2) is 4.99 Å². The largest absolute Gasteiger partial charge is 0.240 e. The molecule has 0 saturated heterocycles. The molecule has 0 unspecified atom stereocenters. The Hall–Kier alpha value is -1.15. The summed E-state index contributed by atoms with van der Waals surface area (Å²) in [4.78, 5) is 7.14. The van der Waals surface area contributed by atoms with Crippen LogP contribution in [0.2, 0.25) is 4.34 Å². The molecule has 21 heavy (non-hydrogen) atoms. The number of rotatable bonds is 2. The highest BCUT2D eigenvalue weighted by Gasteiger charge is 2.19. The average Bonchev–Trinajstić information content (AvgIpc) is 2.96. The zero-order valence-corrected chi connectivity index (χ0v) is 14.2. The number of halogens is 1. The second-order valence-corrected chi connectivity index (χ2v) is 7.96. The van der Waals surface area contributed by atoms with Crippen LogP contribution in [0, 0.1) is 11.3 Å². The topological polar surface area (TPSA) is 36.1 Å². The monoisotopic (exact) mass is 334 g/mol. The SMILES string of the molecule is C/C(=N\c1sc2c(c1C#N)CCCCC2)c1ccc(Cl)s1. The lowest BCUT2D eigenvalue weighted by atomic mass is 10.1. The standard InChI is InChI=1S/C16H15ClN2S2/c1-10(13-7-8-15(17)20-13)19-16-12(9-18)11-5-3-2-4-6-14(11)21-16/h7-8H,2-6H2,1H3/b19-10+. The van der Waals surface area contributed by atoms with Gasteiger partial charge < -0.3 is 0 Å². The summed E-state index contributed by atoms with van der Waals surface area (Å²) in [6.45, 7) is 1.98. The van der Waals surface area contributed by atoms with Gasteiger partial charge in [0, 0.05) is 9.75 Å². The van der Waals surface area contributed by atoms with Crippen molar-refractivity contribution >= 4 is 45.0 Å². The van der Waals surface area contributed by atoms with Crippen LogP contribution >= 0.6 is 34.3 Å². The molecule has 0 fully saturated rings. The molecule has 0 amide bonds. The van der Waals surface area contributed by atoms with Crippen LogP contribution < -0.4 is 0 Å². The van der Waals surface area contributed by atoms with E-state index in [1.807, 2.05) is 19.1 Å². The van der Waals surface area contributed by atoms with E-state index in [2.05, 4.69) is 6.07 Å². The third kappa shape index (κ3) is 3.06. The van der Waals surface area contributed by atoms with Gasteiger partial charge in [0.1, 0.15) is 11.1 Å². The summed E-state index contributed by atoms with van der Waals surface area (Å²) in [5, 5.41) is 10.4. The van der Waals surface area contributed by atoms with Gasteiger partial charge in [-0.05, 0) is 50.3 Å². The second-order valence-electron chi connectivity index (χ2n) is 5.16. The van der Waals surface area contributed by atoms with Gasteiger partial charge in [0.2, 0.25) is 0 Å². The minimum Gasteiger partial charge on any atom is -0.240 e. The van der Waals surface area contributed by atoms with Crippen molar-refractivity contribution < 1.29 is 0 Å². The van der Waals surface area contributed by atoms with Crippen LogP contribution in [0.1, 0.15) is 47.1 Å². The maximum atomic E-state index is 9.51. The summed E-state index contributed by atoms with van der Waals surface area (Å²) < 4.78 is 0.766. The van der Waals surface area contributed by atoms with E-state index in [0.717, 1.165) is 38.3 Å². The minimum absolute atomic E-state index is 0.766. The molecule has 2 aromatic heterocycles. The number of hydrogen-bond donors (Lipinski definition) is 0. The van der Waals surface area contributed by atoms with Gasteiger partial charge in [0.25, 0.3) is 0 Å². The van der Waals surface area contributed by atoms with Gasteiger partial charge in [-0.15, -0.1) is 22.7 Å². The molecule has 0 saturated carbocycles. The van der Waals surface area contributed by atoms with Crippen molar-refractivity contribution in [3.8, 4) is 6.07 Å². The fourth-order valence-corrected chi connectivity index (χ4v) is 4.89. The lowest BCUT2D eigenvalue weighted by Crippen LogP contribution is -1.90. The summed E-state index contributed by atoms with van der Waals surface area (Å²) in [6, 6.07) is 6.24. The van der Waals surface area contributed by atoms with E-state index in [9.17, 15) is 5.26 Å². The Labute approximate surface area is 137 Å². The first-order chi connectivity index (χ1) is 10.2. The Morgan fingerprint density at radius 3 is 2.76 bits per heavy atom. The molecule has 0 radical (unpaired) electrons. The maximum absolute atomic E-state index is 9.51. The van der Waals surface area contributed by atoms with Crippen LogP contribution in [0.15, 0.2) is 17.1 Å². The molecule has 2 heterocycles. The molecule has 0 N–H and O–H groups in total. The predicted molar refractivity (Wildman–Crippen MR) is 91.5 cm³/mol. The van der Waals surface area contributed by atoms with E-state index in [0.29, 0.717) is 0 Å². The lowest BCUT2D eigenvalue weighted by molar-refractivity contribution is 0.712. The third-order valence-corrected chi connectivity index (χ3v) is 6.24. The average molecular weight is 335 g/mol. The fourth-order valence-electron chi connectivity index (χ4n) is 2.64. The van der Waals surface area contributed by atoms with Crippen LogP contribution in [0.3, 0.4) is 0 Å². The van der Waals surface area contributed by atoms with Crippen LogP contribution in [0.5, 0.6) is 0 Å². The molecule has 5 heteroatoms. The van der Waals surface area contributed by atoms with Gasteiger partial charge in [0.15, 0.2) is 0 Å². The molecular weight excluding hydrogens is 320 g/mol. The second kappa shape index (κ2) is 6.31. The molecule has 108 valence electrons. The van der Waals surface area contributed by atoms with Crippen molar-refractivity contribution in [3.05, 3.63) is 37.4 Å². The Morgan fingerprint density at radius 2 is 2.05 bits per heavy atom. The molecule has 0 aliphatic heterocycles. The number of fused-ring (bicyclic) bond motifs is 1. The highest BCUT2D eigenvalue weighted by Crippen LogP contribution is 2.39. The van der Waals surface area contributed by atoms with Crippen LogP contribution in [-0.4, -0.2) is 5.71 Å². The zero-order valence-electron chi connectivity index (χ0n) is 11.8. The molecule has 0 bridgehead atoms. The van der Waals surface area contributed by atoms with Gasteiger partial charge >= 0.3 is 0 Å². The van der Waals surface area contributed by atoms with E-state index >= 15 is 0 Å². The number of aliphatic imine (C=N–C) groups is 1. The molecule has 1 aliphatic carbocycles. The number of aryl methyl sites for hydroxylation is 1. The van der Waals surface area contributed by atoms with Gasteiger partial charge in [-0.3, -0.25) is 0 Å². The first-order valence-corrected chi connectivity index (χ1v) is 9.06. The predicted octanol–water partition coefficient (Wildman–Crippen LogP) is 5.74. The Bertz CT molecular complexity index is 734. The van der Waals surface area contributed by atoms with E-state index in [4.69, 9.17) is 16.6 Å². The van der Waals surface area contributed by atoms with E-state index < -0.39 is 0 Å². The van der Waals surface area contributed by atoms with Crippen LogP contribution in [0.25, 0.3) is 0 Å². The molecule has 3 rings (SSSR count). The first kappa shape index (κ1) is 14.8. The molecule has 2 aromatic rings. The molecule has 1 aliphatic rings. The van der Waals surface area contributed by atoms with E-state index in [1.165, 1.54) is 41.0 Å². The van der Waals surface area contributed by atoms with E-state index in [-0.39, 0.29) is 0 Å². The Morgan fingerprint density at radius 1 is 1.24 bits per heavy atom. The molecule has 2 nitrogen and oxygen atoms in total. The summed E-state index contributed by atoms with van der Waals surface area (Å²) >= 11 is 9.19. The number of nitriles is 1.